The molecule has 1 fully saturated rings. The molecule has 0 aliphatic carbocycles. The maximum absolute atomic E-state index is 12.0. The molecule has 0 radical (unpaired) electrons. The van der Waals surface area contributed by atoms with Crippen molar-refractivity contribution in [3.05, 3.63) is 28.8 Å². The summed E-state index contributed by atoms with van der Waals surface area (Å²) in [7, 11) is 1.63. The Balaban J connectivity index is 2.23. The van der Waals surface area contributed by atoms with Crippen molar-refractivity contribution in [2.24, 2.45) is 5.92 Å². The van der Waals surface area contributed by atoms with Crippen molar-refractivity contribution >= 4 is 42.9 Å². The summed E-state index contributed by atoms with van der Waals surface area (Å²) in [4.78, 5) is 13.5. The first-order chi connectivity index (χ1) is 8.76. The van der Waals surface area contributed by atoms with Crippen LogP contribution in [0.1, 0.15) is 12.0 Å². The largest absolute Gasteiger partial charge is 0.311 e. The zero-order chi connectivity index (χ0) is 14.2. The average molecular weight is 322 g/mol. The summed E-state index contributed by atoms with van der Waals surface area (Å²) in [6.45, 7) is 2.23. The normalized spacial score (nSPS) is 20.1. The molecule has 0 saturated carbocycles. The third-order valence-corrected chi connectivity index (χ3v) is 4.60. The Hall–Kier alpha value is -0.780. The second-order valence-corrected chi connectivity index (χ2v) is 7.96. The number of carbonyl (C=O) groups excluding carboxylic acids is 1. The van der Waals surface area contributed by atoms with Crippen LogP contribution in [0.2, 0.25) is 5.02 Å². The maximum Gasteiger partial charge on any atom is 0.232 e. The molecule has 0 N–H and O–H groups in total. The number of amides is 1. The Morgan fingerprint density at radius 3 is 2.74 bits per heavy atom. The molecule has 19 heavy (non-hydrogen) atoms. The summed E-state index contributed by atoms with van der Waals surface area (Å²) in [6.07, 6.45) is 0.177. The van der Waals surface area contributed by atoms with Crippen LogP contribution < -0.4 is 4.90 Å². The lowest BCUT2D eigenvalue weighted by Crippen LogP contribution is -2.25. The number of hydrogen-bond acceptors (Lipinski definition) is 3. The van der Waals surface area contributed by atoms with Gasteiger partial charge in [-0.3, -0.25) is 4.79 Å². The average Bonchev–Trinajstić information content (AvgIpc) is 2.60. The second-order valence-electron chi connectivity index (χ2n) is 4.73. The monoisotopic (exact) mass is 321 g/mol. The van der Waals surface area contributed by atoms with Crippen LogP contribution >= 0.6 is 22.3 Å². The molecule has 1 saturated heterocycles. The molecule has 1 aliphatic heterocycles. The van der Waals surface area contributed by atoms with Crippen LogP contribution in [0.15, 0.2) is 18.2 Å². The number of rotatable bonds is 3. The Labute approximate surface area is 121 Å². The number of carbonyl (C=O) groups is 1. The summed E-state index contributed by atoms with van der Waals surface area (Å²) >= 11 is 6.08. The fraction of sp³-hybridized carbons (Fsp3) is 0.417. The lowest BCUT2D eigenvalue weighted by molar-refractivity contribution is -0.117. The van der Waals surface area contributed by atoms with Crippen LogP contribution in [0.5, 0.6) is 0 Å². The fourth-order valence-electron chi connectivity index (χ4n) is 2.24. The minimum atomic E-state index is -3.59. The number of anilines is 1. The highest BCUT2D eigenvalue weighted by molar-refractivity contribution is 8.13. The van der Waals surface area contributed by atoms with E-state index < -0.39 is 9.05 Å². The fourth-order valence-corrected chi connectivity index (χ4v) is 3.78. The van der Waals surface area contributed by atoms with E-state index in [-0.39, 0.29) is 24.0 Å². The molecule has 0 bridgehead atoms. The first-order valence-electron chi connectivity index (χ1n) is 5.75. The molecule has 1 aliphatic rings. The Bertz CT molecular complexity index is 615. The van der Waals surface area contributed by atoms with E-state index in [2.05, 4.69) is 0 Å². The first kappa shape index (κ1) is 14.6. The Morgan fingerprint density at radius 1 is 1.42 bits per heavy atom. The molecular weight excluding hydrogens is 309 g/mol. The topological polar surface area (TPSA) is 54.5 Å². The van der Waals surface area contributed by atoms with Crippen LogP contribution in [0, 0.1) is 12.8 Å². The molecule has 0 aromatic heterocycles. The van der Waals surface area contributed by atoms with E-state index in [0.717, 1.165) is 5.56 Å². The van der Waals surface area contributed by atoms with Gasteiger partial charge < -0.3 is 4.90 Å². The van der Waals surface area contributed by atoms with Crippen molar-refractivity contribution < 1.29 is 13.2 Å². The van der Waals surface area contributed by atoms with E-state index in [1.165, 1.54) is 4.90 Å². The number of aryl methyl sites for hydroxylation is 1. The van der Waals surface area contributed by atoms with Crippen molar-refractivity contribution in [1.29, 1.82) is 0 Å². The highest BCUT2D eigenvalue weighted by Gasteiger charge is 2.33. The SMILES string of the molecule is Cc1ccc(Cl)c(N2CC(CS(=O)(=O)Cl)CC2=O)c1. The lowest BCUT2D eigenvalue weighted by Gasteiger charge is -2.18. The quantitative estimate of drug-likeness (QED) is 0.804. The van der Waals surface area contributed by atoms with Crippen molar-refractivity contribution in [3.63, 3.8) is 0 Å². The number of benzene rings is 1. The molecule has 1 amide bonds. The molecule has 2 rings (SSSR count). The molecule has 4 nitrogen and oxygen atoms in total. The summed E-state index contributed by atoms with van der Waals surface area (Å²) in [6, 6.07) is 5.40. The summed E-state index contributed by atoms with van der Waals surface area (Å²) < 4.78 is 22.1. The highest BCUT2D eigenvalue weighted by Crippen LogP contribution is 2.32. The van der Waals surface area contributed by atoms with E-state index in [0.29, 0.717) is 17.3 Å². The van der Waals surface area contributed by atoms with Gasteiger partial charge in [-0.1, -0.05) is 17.7 Å². The zero-order valence-corrected chi connectivity index (χ0v) is 12.6. The number of hydrogen-bond donors (Lipinski definition) is 0. The van der Waals surface area contributed by atoms with Crippen LogP contribution in [0.3, 0.4) is 0 Å². The molecule has 1 unspecified atom stereocenters. The summed E-state index contributed by atoms with van der Waals surface area (Å²) in [5, 5.41) is 0.480. The van der Waals surface area contributed by atoms with Crippen molar-refractivity contribution in [1.82, 2.24) is 0 Å². The maximum atomic E-state index is 12.0. The third-order valence-electron chi connectivity index (χ3n) is 3.03. The van der Waals surface area contributed by atoms with Crippen molar-refractivity contribution in [3.8, 4) is 0 Å². The van der Waals surface area contributed by atoms with Gasteiger partial charge in [-0.15, -0.1) is 0 Å². The molecule has 7 heteroatoms. The van der Waals surface area contributed by atoms with Gasteiger partial charge in [0.15, 0.2) is 0 Å². The number of halogens is 2. The van der Waals surface area contributed by atoms with Gasteiger partial charge in [0.1, 0.15) is 0 Å². The van der Waals surface area contributed by atoms with E-state index >= 15 is 0 Å². The number of nitrogens with zero attached hydrogens (tertiary/aromatic N) is 1. The lowest BCUT2D eigenvalue weighted by atomic mass is 10.1. The van der Waals surface area contributed by atoms with Crippen molar-refractivity contribution in [2.45, 2.75) is 13.3 Å². The minimum Gasteiger partial charge on any atom is -0.311 e. The minimum absolute atomic E-state index is 0.127. The van der Waals surface area contributed by atoms with Crippen LogP contribution in [-0.2, 0) is 13.8 Å². The van der Waals surface area contributed by atoms with Crippen LogP contribution in [0.4, 0.5) is 5.69 Å². The van der Waals surface area contributed by atoms with Crippen LogP contribution in [0.25, 0.3) is 0 Å². The zero-order valence-electron chi connectivity index (χ0n) is 10.3. The molecule has 1 aromatic rings. The predicted molar refractivity (Wildman–Crippen MR) is 76.3 cm³/mol. The van der Waals surface area contributed by atoms with Gasteiger partial charge in [0.05, 0.1) is 16.5 Å². The molecule has 1 atom stereocenters. The molecule has 104 valence electrons. The van der Waals surface area contributed by atoms with Gasteiger partial charge in [-0.2, -0.15) is 0 Å². The van der Waals surface area contributed by atoms with Gasteiger partial charge in [0, 0.05) is 29.6 Å². The standard InChI is InChI=1S/C12H13Cl2NO3S/c1-8-2-3-10(13)11(4-8)15-6-9(5-12(15)16)7-19(14,17)18/h2-4,9H,5-7H2,1H3. The Kier molecular flexibility index (Phi) is 4.08. The van der Waals surface area contributed by atoms with Gasteiger partial charge in [0.25, 0.3) is 0 Å². The van der Waals surface area contributed by atoms with E-state index in [4.69, 9.17) is 22.3 Å². The molecule has 0 spiro atoms. The molecule has 1 heterocycles. The smallest absolute Gasteiger partial charge is 0.232 e. The predicted octanol–water partition coefficient (Wildman–Crippen LogP) is 2.57. The Morgan fingerprint density at radius 2 is 2.11 bits per heavy atom. The molecule has 1 aromatic carbocycles. The van der Waals surface area contributed by atoms with E-state index in [1.807, 2.05) is 19.1 Å². The highest BCUT2D eigenvalue weighted by atomic mass is 35.7. The summed E-state index contributed by atoms with van der Waals surface area (Å²) in [5.41, 5.74) is 1.61. The van der Waals surface area contributed by atoms with Crippen LogP contribution in [-0.4, -0.2) is 26.6 Å². The first-order valence-corrected chi connectivity index (χ1v) is 8.61. The van der Waals surface area contributed by atoms with Gasteiger partial charge >= 0.3 is 0 Å². The van der Waals surface area contributed by atoms with Gasteiger partial charge in [0.2, 0.25) is 15.0 Å². The van der Waals surface area contributed by atoms with E-state index in [9.17, 15) is 13.2 Å². The third kappa shape index (κ3) is 3.61. The summed E-state index contributed by atoms with van der Waals surface area (Å²) in [5.74, 6) is -0.607. The van der Waals surface area contributed by atoms with Gasteiger partial charge in [-0.05, 0) is 24.6 Å². The molecular formula is C12H13Cl2NO3S. The second kappa shape index (κ2) is 5.31. The van der Waals surface area contributed by atoms with Gasteiger partial charge in [-0.25, -0.2) is 8.42 Å². The van der Waals surface area contributed by atoms with Crippen molar-refractivity contribution in [2.75, 3.05) is 17.2 Å². The van der Waals surface area contributed by atoms with E-state index in [1.54, 1.807) is 6.07 Å².